The van der Waals surface area contributed by atoms with Crippen LogP contribution in [0.25, 0.3) is 0 Å². The molecule has 2 fully saturated rings. The second kappa shape index (κ2) is 6.76. The lowest BCUT2D eigenvalue weighted by atomic mass is 9.75. The molecule has 6 nitrogen and oxygen atoms in total. The van der Waals surface area contributed by atoms with Crippen LogP contribution in [0, 0.1) is 5.92 Å². The number of pyridine rings is 1. The number of piperidine rings is 1. The second-order valence-corrected chi connectivity index (χ2v) is 7.65. The lowest BCUT2D eigenvalue weighted by molar-refractivity contribution is -0.0698. The van der Waals surface area contributed by atoms with Gasteiger partial charge >= 0.3 is 0 Å². The van der Waals surface area contributed by atoms with Crippen molar-refractivity contribution in [3.8, 4) is 5.88 Å². The van der Waals surface area contributed by atoms with Crippen LogP contribution in [0.2, 0.25) is 0 Å². The fraction of sp³-hybridized carbons (Fsp3) is 0.500. The zero-order chi connectivity index (χ0) is 18.1. The molecule has 1 amide bonds. The predicted octanol–water partition coefficient (Wildman–Crippen LogP) is 2.04. The molecule has 2 aliphatic heterocycles. The fourth-order valence-corrected chi connectivity index (χ4v) is 4.21. The maximum atomic E-state index is 12.7. The second-order valence-electron chi connectivity index (χ2n) is 7.65. The third kappa shape index (κ3) is 3.09. The van der Waals surface area contributed by atoms with Gasteiger partial charge in [0, 0.05) is 38.6 Å². The van der Waals surface area contributed by atoms with Crippen molar-refractivity contribution < 1.29 is 9.53 Å². The van der Waals surface area contributed by atoms with E-state index in [4.69, 9.17) is 4.74 Å². The summed E-state index contributed by atoms with van der Waals surface area (Å²) in [6, 6.07) is 9.54. The highest BCUT2D eigenvalue weighted by Crippen LogP contribution is 2.38. The highest BCUT2D eigenvalue weighted by Gasteiger charge is 2.51. The zero-order valence-corrected chi connectivity index (χ0v) is 15.5. The van der Waals surface area contributed by atoms with Gasteiger partial charge in [-0.15, -0.1) is 0 Å². The van der Waals surface area contributed by atoms with Crippen molar-refractivity contribution in [2.45, 2.75) is 18.4 Å². The van der Waals surface area contributed by atoms with Crippen molar-refractivity contribution in [2.24, 2.45) is 13.0 Å². The van der Waals surface area contributed by atoms with Crippen LogP contribution in [0.3, 0.4) is 0 Å². The van der Waals surface area contributed by atoms with Crippen LogP contribution in [0.15, 0.2) is 42.7 Å². The lowest BCUT2D eigenvalue weighted by Gasteiger charge is -2.58. The van der Waals surface area contributed by atoms with Gasteiger partial charge in [0.15, 0.2) is 0 Å². The molecule has 1 spiro atoms. The Hall–Kier alpha value is -2.34. The number of carbonyl (C=O) groups excluding carboxylic acids is 1. The Kier molecular flexibility index (Phi) is 4.44. The van der Waals surface area contributed by atoms with E-state index in [1.165, 1.54) is 0 Å². The number of ether oxygens (including phenoxy) is 1. The number of rotatable bonds is 4. The third-order valence-electron chi connectivity index (χ3n) is 5.88. The molecule has 2 aliphatic rings. The Morgan fingerprint density at radius 1 is 1.27 bits per heavy atom. The summed E-state index contributed by atoms with van der Waals surface area (Å²) in [5.74, 6) is 1.32. The summed E-state index contributed by atoms with van der Waals surface area (Å²) in [5, 5.41) is 0. The van der Waals surface area contributed by atoms with E-state index in [9.17, 15) is 4.79 Å². The first-order valence-corrected chi connectivity index (χ1v) is 9.23. The van der Waals surface area contributed by atoms with E-state index >= 15 is 0 Å². The lowest BCUT2D eigenvalue weighted by Crippen LogP contribution is -2.72. The smallest absolute Gasteiger partial charge is 0.270 e. The molecule has 0 bridgehead atoms. The molecule has 4 rings (SSSR count). The van der Waals surface area contributed by atoms with Gasteiger partial charge in [0.2, 0.25) is 5.88 Å². The maximum absolute atomic E-state index is 12.7. The van der Waals surface area contributed by atoms with E-state index in [2.05, 4.69) is 16.9 Å². The third-order valence-corrected chi connectivity index (χ3v) is 5.88. The van der Waals surface area contributed by atoms with Gasteiger partial charge in [-0.1, -0.05) is 6.07 Å². The minimum atomic E-state index is 0.0945. The largest absolute Gasteiger partial charge is 0.477 e. The van der Waals surface area contributed by atoms with Crippen molar-refractivity contribution in [1.29, 1.82) is 0 Å². The van der Waals surface area contributed by atoms with Gasteiger partial charge in [-0.3, -0.25) is 9.69 Å². The van der Waals surface area contributed by atoms with Crippen molar-refractivity contribution in [1.82, 2.24) is 19.4 Å². The molecule has 1 atom stereocenters. The molecule has 2 saturated heterocycles. The van der Waals surface area contributed by atoms with Crippen molar-refractivity contribution >= 4 is 5.91 Å². The van der Waals surface area contributed by atoms with Gasteiger partial charge in [-0.2, -0.15) is 0 Å². The van der Waals surface area contributed by atoms with Gasteiger partial charge in [0.05, 0.1) is 12.1 Å². The van der Waals surface area contributed by atoms with E-state index in [0.29, 0.717) is 18.4 Å². The molecular formula is C20H26N4O2. The maximum Gasteiger partial charge on any atom is 0.270 e. The minimum Gasteiger partial charge on any atom is -0.477 e. The van der Waals surface area contributed by atoms with Gasteiger partial charge in [-0.25, -0.2) is 4.98 Å². The number of hydrogen-bond acceptors (Lipinski definition) is 4. The average molecular weight is 354 g/mol. The molecule has 4 heterocycles. The SMILES string of the molecule is CN1CCC(COc2ccccn2)CC12CN(C(=O)c1cccn1C)C2. The summed E-state index contributed by atoms with van der Waals surface area (Å²) in [7, 11) is 4.10. The highest BCUT2D eigenvalue weighted by atomic mass is 16.5. The molecule has 6 heteroatoms. The van der Waals surface area contributed by atoms with Crippen molar-refractivity contribution in [3.05, 3.63) is 48.4 Å². The van der Waals surface area contributed by atoms with Crippen molar-refractivity contribution in [3.63, 3.8) is 0 Å². The fourth-order valence-electron chi connectivity index (χ4n) is 4.21. The number of aromatic nitrogens is 2. The molecule has 1 unspecified atom stereocenters. The van der Waals surface area contributed by atoms with Gasteiger partial charge < -0.3 is 14.2 Å². The molecule has 2 aromatic rings. The van der Waals surface area contributed by atoms with Crippen LogP contribution in [-0.4, -0.2) is 64.1 Å². The summed E-state index contributed by atoms with van der Waals surface area (Å²) < 4.78 is 7.77. The molecule has 138 valence electrons. The Bertz CT molecular complexity index is 767. The number of likely N-dealkylation sites (tertiary alicyclic amines) is 2. The first-order chi connectivity index (χ1) is 12.6. The van der Waals surface area contributed by atoms with Gasteiger partial charge in [0.25, 0.3) is 5.91 Å². The summed E-state index contributed by atoms with van der Waals surface area (Å²) in [5.41, 5.74) is 0.852. The monoisotopic (exact) mass is 354 g/mol. The standard InChI is InChI=1S/C20H26N4O2/c1-22-10-5-6-17(22)19(25)24-14-20(15-24)12-16(8-11-23(20)2)13-26-18-7-3-4-9-21-18/h3-7,9-10,16H,8,11-15H2,1-2H3. The van der Waals surface area contributed by atoms with E-state index in [0.717, 1.165) is 38.2 Å². The quantitative estimate of drug-likeness (QED) is 0.843. The summed E-state index contributed by atoms with van der Waals surface area (Å²) in [6.07, 6.45) is 5.86. The number of likely N-dealkylation sites (N-methyl/N-ethyl adjacent to an activating group) is 1. The zero-order valence-electron chi connectivity index (χ0n) is 15.5. The molecule has 0 N–H and O–H groups in total. The van der Waals surface area contributed by atoms with Crippen LogP contribution in [0.1, 0.15) is 23.3 Å². The molecule has 26 heavy (non-hydrogen) atoms. The van der Waals surface area contributed by atoms with Crippen LogP contribution in [0.5, 0.6) is 5.88 Å². The van der Waals surface area contributed by atoms with Crippen LogP contribution >= 0.6 is 0 Å². The van der Waals surface area contributed by atoms with E-state index in [-0.39, 0.29) is 11.4 Å². The predicted molar refractivity (Wildman–Crippen MR) is 99.1 cm³/mol. The minimum absolute atomic E-state index is 0.0945. The van der Waals surface area contributed by atoms with Crippen LogP contribution < -0.4 is 4.74 Å². The van der Waals surface area contributed by atoms with E-state index in [1.54, 1.807) is 6.20 Å². The summed E-state index contributed by atoms with van der Waals surface area (Å²) in [4.78, 5) is 21.3. The normalized spacial score (nSPS) is 22.2. The van der Waals surface area contributed by atoms with E-state index in [1.807, 2.05) is 53.0 Å². The molecule has 0 aliphatic carbocycles. The first kappa shape index (κ1) is 17.1. The molecular weight excluding hydrogens is 328 g/mol. The molecule has 0 aromatic carbocycles. The highest BCUT2D eigenvalue weighted by molar-refractivity contribution is 5.93. The summed E-state index contributed by atoms with van der Waals surface area (Å²) >= 11 is 0. The van der Waals surface area contributed by atoms with Gasteiger partial charge in [-0.05, 0) is 50.6 Å². The number of hydrogen-bond donors (Lipinski definition) is 0. The Labute approximate surface area is 154 Å². The first-order valence-electron chi connectivity index (χ1n) is 9.23. The van der Waals surface area contributed by atoms with Crippen LogP contribution in [-0.2, 0) is 7.05 Å². The number of carbonyl (C=O) groups is 1. The number of nitrogens with zero attached hydrogens (tertiary/aromatic N) is 4. The average Bonchev–Trinajstić information content (AvgIpc) is 3.05. The topological polar surface area (TPSA) is 50.6 Å². The van der Waals surface area contributed by atoms with Crippen molar-refractivity contribution in [2.75, 3.05) is 33.3 Å². The molecule has 0 saturated carbocycles. The van der Waals surface area contributed by atoms with Crippen LogP contribution in [0.4, 0.5) is 0 Å². The Balaban J connectivity index is 1.36. The van der Waals surface area contributed by atoms with E-state index < -0.39 is 0 Å². The number of aryl methyl sites for hydroxylation is 1. The molecule has 0 radical (unpaired) electrons. The Morgan fingerprint density at radius 2 is 2.12 bits per heavy atom. The summed E-state index contributed by atoms with van der Waals surface area (Å²) in [6.45, 7) is 3.34. The number of amides is 1. The Morgan fingerprint density at radius 3 is 2.81 bits per heavy atom. The molecule has 2 aromatic heterocycles. The van der Waals surface area contributed by atoms with Gasteiger partial charge in [0.1, 0.15) is 5.69 Å².